The zero-order chi connectivity index (χ0) is 93.2. The summed E-state index contributed by atoms with van der Waals surface area (Å²) >= 11 is 0. The molecule has 0 unspecified atom stereocenters. The van der Waals surface area contributed by atoms with Crippen molar-refractivity contribution < 1.29 is 90.0 Å². The molecule has 9 nitrogen and oxygen atoms in total. The first kappa shape index (κ1) is 110. The first-order chi connectivity index (χ1) is 58.8. The number of aromatic nitrogens is 3. The van der Waals surface area contributed by atoms with E-state index in [0.717, 1.165) is 67.0 Å². The number of pyridine rings is 3. The minimum absolute atomic E-state index is 0. The minimum Gasteiger partial charge on any atom is -0.512 e. The minimum atomic E-state index is -1.40. The summed E-state index contributed by atoms with van der Waals surface area (Å²) in [5, 5.41) is 35.6. The van der Waals surface area contributed by atoms with Crippen LogP contribution in [0.1, 0.15) is 154 Å². The summed E-state index contributed by atoms with van der Waals surface area (Å²) in [6.07, 6.45) is 4.92. The number of ketones is 3. The fourth-order valence-electron chi connectivity index (χ4n) is 13.2. The number of carbonyl (C=O) groups is 3. The van der Waals surface area contributed by atoms with Crippen molar-refractivity contribution in [2.45, 2.75) is 214 Å². The Morgan fingerprint density at radius 1 is 0.380 bits per heavy atom. The average Bonchev–Trinajstić information content (AvgIpc) is 0.768. The van der Waals surface area contributed by atoms with Crippen LogP contribution in [0.15, 0.2) is 278 Å². The van der Waals surface area contributed by atoms with Crippen molar-refractivity contribution in [2.75, 3.05) is 0 Å². The van der Waals surface area contributed by atoms with E-state index < -0.39 is 29.6 Å². The molecule has 0 aliphatic carbocycles. The maximum atomic E-state index is 11.5. The molecule has 0 bridgehead atoms. The Bertz CT molecular complexity index is 6020. The van der Waals surface area contributed by atoms with Crippen molar-refractivity contribution in [3.8, 4) is 78.3 Å². The number of nitrogens with zero attached hydrogens (tertiary/aromatic N) is 3. The molecule has 3 radical (unpaired) electrons. The number of hydrogen-bond donors (Lipinski definition) is 3. The molecule has 15 heteroatoms. The summed E-state index contributed by atoms with van der Waals surface area (Å²) in [4.78, 5) is 48.6. The quantitative estimate of drug-likeness (QED) is 0.0350. The molecule has 13 rings (SSSR count). The first-order valence-corrected chi connectivity index (χ1v) is 54.8. The molecule has 0 saturated heterocycles. The monoisotopic (exact) mass is 2310 g/mol. The topological polar surface area (TPSA) is 151 Å². The van der Waals surface area contributed by atoms with Crippen LogP contribution in [0.5, 0.6) is 0 Å². The molecule has 0 fully saturated rings. The first-order valence-electron chi connectivity index (χ1n) is 44.3. The second-order valence-electron chi connectivity index (χ2n) is 40.5. The van der Waals surface area contributed by atoms with Crippen molar-refractivity contribution >= 4 is 89.8 Å². The van der Waals surface area contributed by atoms with Gasteiger partial charge in [-0.25, -0.2) is 0 Å². The van der Waals surface area contributed by atoms with Crippen LogP contribution in [0.2, 0.25) is 58.9 Å². The van der Waals surface area contributed by atoms with Gasteiger partial charge in [0, 0.05) is 114 Å². The largest absolute Gasteiger partial charge is 0.512 e. The van der Waals surface area contributed by atoms with Crippen LogP contribution in [0.4, 0.5) is 0 Å². The fraction of sp³-hybridized carbons (Fsp3) is 0.316. The van der Waals surface area contributed by atoms with E-state index >= 15 is 0 Å². The van der Waals surface area contributed by atoms with Crippen LogP contribution in [0.25, 0.3) is 111 Å². The summed E-state index contributed by atoms with van der Waals surface area (Å²) in [6, 6.07) is 97.4. The maximum Gasteiger partial charge on any atom is 0.164 e. The second kappa shape index (κ2) is 47.7. The molecule has 0 aliphatic heterocycles. The molecule has 0 saturated carbocycles. The smallest absolute Gasteiger partial charge is 0.164 e. The van der Waals surface area contributed by atoms with Crippen LogP contribution in [0.3, 0.4) is 0 Å². The number of fused-ring (bicyclic) bond motifs is 3. The Labute approximate surface area is 815 Å². The molecular weight excluding hydrogens is 2170 g/mol. The van der Waals surface area contributed by atoms with Gasteiger partial charge < -0.3 is 15.3 Å². The molecule has 0 aliphatic rings. The number of aliphatic hydroxyl groups excluding tert-OH is 3. The normalized spacial score (nSPS) is 12.1. The van der Waals surface area contributed by atoms with Crippen LogP contribution < -0.4 is 15.6 Å². The van der Waals surface area contributed by atoms with E-state index in [1.54, 1.807) is 13.8 Å². The van der Waals surface area contributed by atoms with E-state index in [9.17, 15) is 24.6 Å². The molecule has 685 valence electrons. The molecule has 129 heavy (non-hydrogen) atoms. The molecule has 0 atom stereocenters. The van der Waals surface area contributed by atoms with Crippen LogP contribution in [-0.2, 0) is 85.5 Å². The number of benzene rings is 10. The second-order valence-corrected chi connectivity index (χ2v) is 55.8. The van der Waals surface area contributed by atoms with Gasteiger partial charge in [0.25, 0.3) is 0 Å². The Morgan fingerprint density at radius 2 is 0.736 bits per heavy atom. The van der Waals surface area contributed by atoms with Gasteiger partial charge in [-0.2, -0.15) is 0 Å². The van der Waals surface area contributed by atoms with Crippen molar-refractivity contribution in [2.24, 2.45) is 22.7 Å². The Hall–Kier alpha value is -9.34. The van der Waals surface area contributed by atoms with Crippen LogP contribution in [0, 0.1) is 47.8 Å². The summed E-state index contributed by atoms with van der Waals surface area (Å²) in [6.45, 7) is 59.1. The van der Waals surface area contributed by atoms with Crippen molar-refractivity contribution in [1.29, 1.82) is 0 Å². The third kappa shape index (κ3) is 32.3. The Balaban J connectivity index is 0.000000290. The standard InChI is InChI=1S/C30H26NSi.C29H32NSi.C28H30NSi.C11H20O2.C9H16O2.C7H12O2.3Ir/c1-32(2,3)27-17-18-29-26(20-27)21-28(23-13-8-5-9-14-23)30(31-29)25-16-10-15-24(19-25)22-11-6-4-7-12-22;1-20-15-23(17-24(16-20)29(2,3)4)28-26(21-11-9-8-10-12-21)19-22-18-25(31(5,6)7)13-14-27(22)30-28;1-28(2,3)23-14-10-13-21(17-23)27-25(20-11-8-7-9-12-20)19-22-18-24(30(4,5)6)15-16-26(22)29-27;1-10(2,3)8(12)7-9(13)11(4,5)6;1-6(2)8(10)5-9(11)7(3)4;1-3-6(8)5-7(9)4-2;;;/h4-15,17-21H,1-3H3;8-14,16-19H,1-7H3;7-12,14-19H,1-6H3;7,12H,1-6H3;5-7,10H,1-4H3;5,8H,3-4H2,1-2H3;;;/q3*-1;;;;;;. The molecule has 10 aromatic carbocycles. The molecule has 3 aromatic heterocycles. The van der Waals surface area contributed by atoms with Gasteiger partial charge in [0.1, 0.15) is 5.76 Å². The molecule has 0 spiro atoms. The Kier molecular flexibility index (Phi) is 40.7. The fourth-order valence-corrected chi connectivity index (χ4v) is 16.8. The summed E-state index contributed by atoms with van der Waals surface area (Å²) in [5.74, 6) is 0.414. The SMILES string of the molecule is CC(C)(C)C(=O)C=C(O)C(C)(C)C.CC(C)(C)c1cc[c-]c(-c2nc3ccc([Si](C)(C)C)cc3cc2-c2ccccc2)c1.CC(C)C(=O)C=C(O)C(C)C.CCC(=O)C=C(O)CC.C[Si](C)(C)c1ccc2nc(-c3[c-]ccc(-c4ccccc4)c3)c(-c3ccccc3)cc2c1.Cc1[c-]c(-c2nc3ccc([Si](C)(C)C)cc3cc2-c2ccccc2)cc(C(C)(C)C)c1.[Ir].[Ir].[Ir]. The van der Waals surface area contributed by atoms with Gasteiger partial charge in [-0.1, -0.05) is 382 Å². The number of aliphatic hydroxyl groups is 3. The zero-order valence-electron chi connectivity index (χ0n) is 81.3. The van der Waals surface area contributed by atoms with Gasteiger partial charge in [-0.3, -0.25) is 29.3 Å². The van der Waals surface area contributed by atoms with Gasteiger partial charge >= 0.3 is 0 Å². The number of aryl methyl sites for hydroxylation is 1. The van der Waals surface area contributed by atoms with Gasteiger partial charge in [0.05, 0.1) is 52.3 Å². The number of allylic oxidation sites excluding steroid dienone is 6. The third-order valence-corrected chi connectivity index (χ3v) is 27.9. The van der Waals surface area contributed by atoms with Crippen molar-refractivity contribution in [3.05, 3.63) is 313 Å². The third-order valence-electron chi connectivity index (χ3n) is 21.8. The summed E-state index contributed by atoms with van der Waals surface area (Å²) in [5.41, 5.74) is 21.8. The van der Waals surface area contributed by atoms with E-state index in [1.807, 2.05) is 87.4 Å². The van der Waals surface area contributed by atoms with Crippen molar-refractivity contribution in [1.82, 2.24) is 15.0 Å². The van der Waals surface area contributed by atoms with Crippen LogP contribution >= 0.6 is 0 Å². The van der Waals surface area contributed by atoms with Gasteiger partial charge in [-0.05, 0) is 101 Å². The number of carbonyl (C=O) groups excluding carboxylic acids is 3. The summed E-state index contributed by atoms with van der Waals surface area (Å²) in [7, 11) is -4.19. The maximum absolute atomic E-state index is 11.5. The molecular formula is C114H136Ir3N3O6Si3-3. The predicted molar refractivity (Wildman–Crippen MR) is 547 cm³/mol. The van der Waals surface area contributed by atoms with Gasteiger partial charge in [0.2, 0.25) is 0 Å². The molecule has 0 amide bonds. The zero-order valence-corrected chi connectivity index (χ0v) is 91.5. The van der Waals surface area contributed by atoms with E-state index in [-0.39, 0.29) is 123 Å². The molecule has 13 aromatic rings. The van der Waals surface area contributed by atoms with E-state index in [2.05, 4.69) is 350 Å². The van der Waals surface area contributed by atoms with E-state index in [1.165, 1.54) is 94.5 Å². The van der Waals surface area contributed by atoms with E-state index in [4.69, 9.17) is 20.1 Å². The van der Waals surface area contributed by atoms with Gasteiger partial charge in [-0.15, -0.1) is 106 Å². The summed E-state index contributed by atoms with van der Waals surface area (Å²) < 4.78 is 0. The van der Waals surface area contributed by atoms with Crippen molar-refractivity contribution in [3.63, 3.8) is 0 Å². The van der Waals surface area contributed by atoms with Gasteiger partial charge in [0.15, 0.2) is 17.3 Å². The molecule has 3 N–H and O–H groups in total. The van der Waals surface area contributed by atoms with E-state index in [0.29, 0.717) is 12.8 Å². The number of rotatable bonds is 17. The molecule has 3 heterocycles. The van der Waals surface area contributed by atoms with Crippen LogP contribution in [-0.4, -0.2) is 71.8 Å². The Morgan fingerprint density at radius 3 is 1.07 bits per heavy atom. The number of hydrogen-bond acceptors (Lipinski definition) is 9. The average molecular weight is 2310 g/mol. The predicted octanol–water partition coefficient (Wildman–Crippen LogP) is 29.5.